The summed E-state index contributed by atoms with van der Waals surface area (Å²) in [5.41, 5.74) is 0.152. The number of non-ortho nitro benzene ring substituents is 1. The largest absolute Gasteiger partial charge is 0.326 e. The molecule has 3 rings (SSSR count). The lowest BCUT2D eigenvalue weighted by Gasteiger charge is -2.25. The lowest BCUT2D eigenvalue weighted by molar-refractivity contribution is -0.384. The molecule has 1 aliphatic heterocycles. The first-order chi connectivity index (χ1) is 15.6. The molecule has 33 heavy (non-hydrogen) atoms. The van der Waals surface area contributed by atoms with Crippen molar-refractivity contribution in [1.82, 2.24) is 9.03 Å². The van der Waals surface area contributed by atoms with E-state index in [2.05, 4.69) is 10.0 Å². The van der Waals surface area contributed by atoms with Crippen molar-refractivity contribution in [3.63, 3.8) is 0 Å². The van der Waals surface area contributed by atoms with Gasteiger partial charge in [0.1, 0.15) is 0 Å². The van der Waals surface area contributed by atoms with Crippen LogP contribution in [0.2, 0.25) is 0 Å². The molecule has 2 N–H and O–H groups in total. The fourth-order valence-corrected chi connectivity index (χ4v) is 5.87. The molecule has 13 heteroatoms. The zero-order chi connectivity index (χ0) is 24.1. The van der Waals surface area contributed by atoms with Gasteiger partial charge < -0.3 is 5.32 Å². The van der Waals surface area contributed by atoms with Gasteiger partial charge in [0.25, 0.3) is 5.69 Å². The van der Waals surface area contributed by atoms with Gasteiger partial charge in [0.15, 0.2) is 0 Å². The number of nitrogens with zero attached hydrogens (tertiary/aromatic N) is 2. The van der Waals surface area contributed by atoms with Crippen LogP contribution in [-0.4, -0.2) is 51.6 Å². The quantitative estimate of drug-likeness (QED) is 0.397. The highest BCUT2D eigenvalue weighted by Crippen LogP contribution is 2.22. The number of anilines is 1. The molecule has 0 aromatic heterocycles. The number of nitro groups is 1. The highest BCUT2D eigenvalue weighted by Gasteiger charge is 2.25. The van der Waals surface area contributed by atoms with Crippen molar-refractivity contribution in [2.75, 3.05) is 25.0 Å². The van der Waals surface area contributed by atoms with Crippen LogP contribution >= 0.6 is 0 Å². The Bertz CT molecular complexity index is 1210. The van der Waals surface area contributed by atoms with E-state index in [0.29, 0.717) is 18.8 Å². The molecular formula is C20H24N4O7S2. The van der Waals surface area contributed by atoms with E-state index in [1.165, 1.54) is 28.6 Å². The summed E-state index contributed by atoms with van der Waals surface area (Å²) in [5.74, 6) is -0.465. The molecule has 0 radical (unpaired) electrons. The third kappa shape index (κ3) is 6.35. The summed E-state index contributed by atoms with van der Waals surface area (Å²) in [6, 6.07) is 10.2. The van der Waals surface area contributed by atoms with E-state index >= 15 is 0 Å². The molecule has 0 bridgehead atoms. The number of carbonyl (C=O) groups is 1. The third-order valence-electron chi connectivity index (χ3n) is 5.09. The molecule has 2 aromatic carbocycles. The molecule has 0 unspecified atom stereocenters. The molecule has 11 nitrogen and oxygen atoms in total. The molecule has 0 spiro atoms. The summed E-state index contributed by atoms with van der Waals surface area (Å²) in [6.45, 7) is 0.805. The summed E-state index contributed by atoms with van der Waals surface area (Å²) in [7, 11) is -7.49. The minimum Gasteiger partial charge on any atom is -0.326 e. The highest BCUT2D eigenvalue weighted by atomic mass is 32.2. The number of nitrogens with one attached hydrogen (secondary N) is 2. The zero-order valence-electron chi connectivity index (χ0n) is 17.6. The van der Waals surface area contributed by atoms with Gasteiger partial charge in [-0.1, -0.05) is 6.42 Å². The molecular weight excluding hydrogens is 472 g/mol. The van der Waals surface area contributed by atoms with E-state index in [9.17, 15) is 31.7 Å². The Labute approximate surface area is 192 Å². The fourth-order valence-electron chi connectivity index (χ4n) is 3.32. The number of piperidine rings is 1. The van der Waals surface area contributed by atoms with Gasteiger partial charge in [0, 0.05) is 43.9 Å². The second-order valence-corrected chi connectivity index (χ2v) is 11.1. The van der Waals surface area contributed by atoms with Gasteiger partial charge in [0.2, 0.25) is 26.0 Å². The monoisotopic (exact) mass is 496 g/mol. The van der Waals surface area contributed by atoms with Crippen LogP contribution in [0.25, 0.3) is 0 Å². The Balaban J connectivity index is 1.52. The van der Waals surface area contributed by atoms with Gasteiger partial charge >= 0.3 is 0 Å². The summed E-state index contributed by atoms with van der Waals surface area (Å²) in [5, 5.41) is 13.3. The van der Waals surface area contributed by atoms with Crippen LogP contribution in [0.15, 0.2) is 58.3 Å². The van der Waals surface area contributed by atoms with E-state index in [4.69, 9.17) is 0 Å². The number of rotatable bonds is 9. The van der Waals surface area contributed by atoms with Gasteiger partial charge in [0.05, 0.1) is 14.7 Å². The molecule has 1 fully saturated rings. The van der Waals surface area contributed by atoms with E-state index in [1.54, 1.807) is 0 Å². The number of sulfonamides is 2. The fraction of sp³-hybridized carbons (Fsp3) is 0.350. The van der Waals surface area contributed by atoms with Crippen molar-refractivity contribution in [3.05, 3.63) is 58.6 Å². The summed E-state index contributed by atoms with van der Waals surface area (Å²) < 4.78 is 53.5. The lowest BCUT2D eigenvalue weighted by atomic mass is 10.2. The highest BCUT2D eigenvalue weighted by molar-refractivity contribution is 7.89. The second-order valence-electron chi connectivity index (χ2n) is 7.44. The van der Waals surface area contributed by atoms with E-state index < -0.39 is 30.9 Å². The number of nitro benzene ring substituents is 1. The van der Waals surface area contributed by atoms with Crippen LogP contribution in [0.4, 0.5) is 11.4 Å². The van der Waals surface area contributed by atoms with Crippen LogP contribution in [0.5, 0.6) is 0 Å². The molecule has 2 aromatic rings. The molecule has 1 aliphatic rings. The number of carbonyl (C=O) groups excluding carboxylic acids is 1. The van der Waals surface area contributed by atoms with Crippen molar-refractivity contribution in [2.45, 2.75) is 35.5 Å². The number of amides is 1. The first-order valence-electron chi connectivity index (χ1n) is 10.2. The van der Waals surface area contributed by atoms with Crippen LogP contribution < -0.4 is 10.0 Å². The summed E-state index contributed by atoms with van der Waals surface area (Å²) in [6.07, 6.45) is 2.52. The lowest BCUT2D eigenvalue weighted by Crippen LogP contribution is -2.35. The molecule has 178 valence electrons. The predicted molar refractivity (Wildman–Crippen MR) is 121 cm³/mol. The van der Waals surface area contributed by atoms with Crippen LogP contribution in [0, 0.1) is 10.1 Å². The van der Waals surface area contributed by atoms with Crippen molar-refractivity contribution in [2.24, 2.45) is 0 Å². The van der Waals surface area contributed by atoms with E-state index in [1.807, 2.05) is 0 Å². The van der Waals surface area contributed by atoms with E-state index in [0.717, 1.165) is 43.5 Å². The minimum absolute atomic E-state index is 0.151. The normalized spacial score (nSPS) is 15.2. The van der Waals surface area contributed by atoms with Crippen molar-refractivity contribution >= 4 is 37.3 Å². The first-order valence-corrected chi connectivity index (χ1v) is 13.2. The maximum absolute atomic E-state index is 12.7. The SMILES string of the molecule is O=C(CCNS(=O)(=O)c1ccc([N+](=O)[O-])cc1)Nc1ccc(S(=O)(=O)N2CCCCC2)cc1. The molecule has 0 aliphatic carbocycles. The Kier molecular flexibility index (Phi) is 7.79. The Morgan fingerprint density at radius 2 is 1.48 bits per heavy atom. The Hall–Kier alpha value is -2.87. The van der Waals surface area contributed by atoms with Crippen LogP contribution in [0.1, 0.15) is 25.7 Å². The number of benzene rings is 2. The van der Waals surface area contributed by atoms with Crippen molar-refractivity contribution in [3.8, 4) is 0 Å². The molecule has 0 atom stereocenters. The minimum atomic E-state index is -3.93. The molecule has 0 saturated carbocycles. The first kappa shape index (κ1) is 24.8. The maximum atomic E-state index is 12.7. The van der Waals surface area contributed by atoms with Crippen LogP contribution in [-0.2, 0) is 24.8 Å². The maximum Gasteiger partial charge on any atom is 0.269 e. The van der Waals surface area contributed by atoms with Crippen molar-refractivity contribution < 1.29 is 26.6 Å². The average Bonchev–Trinajstić information content (AvgIpc) is 2.80. The molecule has 1 heterocycles. The van der Waals surface area contributed by atoms with Gasteiger partial charge in [-0.15, -0.1) is 0 Å². The molecule has 1 amide bonds. The van der Waals surface area contributed by atoms with Gasteiger partial charge in [-0.25, -0.2) is 21.6 Å². The molecule has 1 saturated heterocycles. The van der Waals surface area contributed by atoms with Gasteiger partial charge in [-0.2, -0.15) is 4.31 Å². The standard InChI is InChI=1S/C20H24N4O7S2/c25-20(12-13-21-32(28,29)18-10-6-17(7-11-18)24(26)27)22-16-4-8-19(9-5-16)33(30,31)23-14-2-1-3-15-23/h4-11,21H,1-3,12-15H2,(H,22,25). The van der Waals surface area contributed by atoms with Crippen LogP contribution in [0.3, 0.4) is 0 Å². The van der Waals surface area contributed by atoms with Gasteiger partial charge in [-0.3, -0.25) is 14.9 Å². The smallest absolute Gasteiger partial charge is 0.269 e. The number of hydrogen-bond acceptors (Lipinski definition) is 7. The van der Waals surface area contributed by atoms with E-state index in [-0.39, 0.29) is 28.4 Å². The predicted octanol–water partition coefficient (Wildman–Crippen LogP) is 2.08. The third-order valence-corrected chi connectivity index (χ3v) is 8.48. The summed E-state index contributed by atoms with van der Waals surface area (Å²) in [4.78, 5) is 22.2. The summed E-state index contributed by atoms with van der Waals surface area (Å²) >= 11 is 0. The zero-order valence-corrected chi connectivity index (χ0v) is 19.3. The average molecular weight is 497 g/mol. The number of hydrogen-bond donors (Lipinski definition) is 2. The topological polar surface area (TPSA) is 156 Å². The van der Waals surface area contributed by atoms with Gasteiger partial charge in [-0.05, 0) is 49.2 Å². The Morgan fingerprint density at radius 3 is 2.06 bits per heavy atom. The Morgan fingerprint density at radius 1 is 0.909 bits per heavy atom. The van der Waals surface area contributed by atoms with Crippen molar-refractivity contribution in [1.29, 1.82) is 0 Å². The second kappa shape index (κ2) is 10.4.